The molecule has 0 saturated carbocycles. The Labute approximate surface area is 176 Å². The predicted molar refractivity (Wildman–Crippen MR) is 114 cm³/mol. The summed E-state index contributed by atoms with van der Waals surface area (Å²) >= 11 is 0. The lowest BCUT2D eigenvalue weighted by Crippen LogP contribution is -2.54. The first-order valence-corrected chi connectivity index (χ1v) is 10.7. The van der Waals surface area contributed by atoms with Crippen LogP contribution in [0.4, 0.5) is 5.69 Å². The SMILES string of the molecule is CN1CCN(CN2C(=O)C(O)(C3CCc4ccccc4C3=O)c3ccccc32)CC1. The Balaban J connectivity index is 1.50. The van der Waals surface area contributed by atoms with Crippen LogP contribution in [0.3, 0.4) is 0 Å². The first-order valence-electron chi connectivity index (χ1n) is 10.7. The van der Waals surface area contributed by atoms with Crippen LogP contribution in [0.2, 0.25) is 0 Å². The Morgan fingerprint density at radius 3 is 2.50 bits per heavy atom. The van der Waals surface area contributed by atoms with Gasteiger partial charge in [0.15, 0.2) is 11.4 Å². The number of fused-ring (bicyclic) bond motifs is 2. The van der Waals surface area contributed by atoms with Gasteiger partial charge in [0.25, 0.3) is 5.91 Å². The number of nitrogens with zero attached hydrogens (tertiary/aromatic N) is 3. The molecule has 1 saturated heterocycles. The molecule has 156 valence electrons. The monoisotopic (exact) mass is 405 g/mol. The third-order valence-electron chi connectivity index (χ3n) is 6.92. The third-order valence-corrected chi connectivity index (χ3v) is 6.92. The Kier molecular flexibility index (Phi) is 4.73. The number of Topliss-reactive ketones (excluding diaryl/α,β-unsaturated/α-hetero) is 1. The third kappa shape index (κ3) is 2.90. The summed E-state index contributed by atoms with van der Waals surface area (Å²) in [7, 11) is 2.10. The molecule has 2 heterocycles. The highest BCUT2D eigenvalue weighted by atomic mass is 16.3. The number of benzene rings is 2. The summed E-state index contributed by atoms with van der Waals surface area (Å²) in [6.45, 7) is 4.08. The summed E-state index contributed by atoms with van der Waals surface area (Å²) < 4.78 is 0. The largest absolute Gasteiger partial charge is 0.375 e. The number of aliphatic hydroxyl groups is 1. The normalized spacial score (nSPS) is 27.3. The number of carbonyl (C=O) groups excluding carboxylic acids is 2. The van der Waals surface area contributed by atoms with Gasteiger partial charge in [-0.3, -0.25) is 19.4 Å². The molecular weight excluding hydrogens is 378 g/mol. The van der Waals surface area contributed by atoms with Gasteiger partial charge in [0.05, 0.1) is 18.3 Å². The van der Waals surface area contributed by atoms with Crippen molar-refractivity contribution in [1.29, 1.82) is 0 Å². The number of rotatable bonds is 3. The lowest BCUT2D eigenvalue weighted by Gasteiger charge is -2.36. The van der Waals surface area contributed by atoms with Crippen molar-refractivity contribution in [1.82, 2.24) is 9.80 Å². The van der Waals surface area contributed by atoms with Crippen LogP contribution in [0.5, 0.6) is 0 Å². The van der Waals surface area contributed by atoms with Crippen LogP contribution in [0.25, 0.3) is 0 Å². The van der Waals surface area contributed by atoms with Crippen LogP contribution in [0, 0.1) is 5.92 Å². The maximum Gasteiger partial charge on any atom is 0.265 e. The van der Waals surface area contributed by atoms with E-state index in [1.165, 1.54) is 0 Å². The number of amides is 1. The minimum atomic E-state index is -1.81. The van der Waals surface area contributed by atoms with Crippen LogP contribution < -0.4 is 4.90 Å². The standard InChI is InChI=1S/C24H27N3O3/c1-25-12-14-26(15-13-25)16-27-21-9-5-4-8-19(21)24(30,23(27)29)20-11-10-17-6-2-3-7-18(17)22(20)28/h2-9,20,30H,10-16H2,1H3. The zero-order chi connectivity index (χ0) is 20.9. The second-order valence-electron chi connectivity index (χ2n) is 8.69. The smallest absolute Gasteiger partial charge is 0.265 e. The highest BCUT2D eigenvalue weighted by Crippen LogP contribution is 2.48. The zero-order valence-electron chi connectivity index (χ0n) is 17.3. The lowest BCUT2D eigenvalue weighted by molar-refractivity contribution is -0.141. The van der Waals surface area contributed by atoms with E-state index in [2.05, 4.69) is 16.8 Å². The molecule has 0 spiro atoms. The predicted octanol–water partition coefficient (Wildman–Crippen LogP) is 1.87. The summed E-state index contributed by atoms with van der Waals surface area (Å²) in [5.41, 5.74) is 1.09. The minimum Gasteiger partial charge on any atom is -0.375 e. The molecule has 30 heavy (non-hydrogen) atoms. The van der Waals surface area contributed by atoms with Crippen molar-refractivity contribution in [2.75, 3.05) is 44.8 Å². The molecule has 2 unspecified atom stereocenters. The lowest BCUT2D eigenvalue weighted by atomic mass is 9.71. The van der Waals surface area contributed by atoms with Gasteiger partial charge in [-0.05, 0) is 31.5 Å². The average molecular weight is 405 g/mol. The molecule has 0 aromatic heterocycles. The molecule has 2 aromatic carbocycles. The van der Waals surface area contributed by atoms with Gasteiger partial charge < -0.3 is 10.0 Å². The number of likely N-dealkylation sites (N-methyl/N-ethyl adjacent to an activating group) is 1. The molecule has 1 fully saturated rings. The van der Waals surface area contributed by atoms with Gasteiger partial charge in [-0.15, -0.1) is 0 Å². The van der Waals surface area contributed by atoms with E-state index in [-0.39, 0.29) is 11.7 Å². The zero-order valence-corrected chi connectivity index (χ0v) is 17.3. The van der Waals surface area contributed by atoms with Crippen LogP contribution in [-0.4, -0.2) is 66.5 Å². The Hall–Kier alpha value is -2.54. The van der Waals surface area contributed by atoms with E-state index < -0.39 is 11.5 Å². The quantitative estimate of drug-likeness (QED) is 0.845. The molecular formula is C24H27N3O3. The van der Waals surface area contributed by atoms with Crippen LogP contribution in [-0.2, 0) is 16.8 Å². The van der Waals surface area contributed by atoms with E-state index in [0.29, 0.717) is 30.6 Å². The minimum absolute atomic E-state index is 0.135. The summed E-state index contributed by atoms with van der Waals surface area (Å²) in [6, 6.07) is 14.9. The van der Waals surface area contributed by atoms with Crippen molar-refractivity contribution in [2.45, 2.75) is 18.4 Å². The van der Waals surface area contributed by atoms with E-state index in [0.717, 1.165) is 37.4 Å². The van der Waals surface area contributed by atoms with Crippen molar-refractivity contribution in [3.8, 4) is 0 Å². The van der Waals surface area contributed by atoms with E-state index in [1.54, 1.807) is 17.0 Å². The van der Waals surface area contributed by atoms with Crippen molar-refractivity contribution in [3.63, 3.8) is 0 Å². The molecule has 2 atom stereocenters. The molecule has 3 aliphatic rings. The summed E-state index contributed by atoms with van der Waals surface area (Å²) in [5, 5.41) is 11.8. The Morgan fingerprint density at radius 1 is 1.00 bits per heavy atom. The van der Waals surface area contributed by atoms with Crippen LogP contribution >= 0.6 is 0 Å². The molecule has 6 nitrogen and oxygen atoms in total. The second kappa shape index (κ2) is 7.30. The summed E-state index contributed by atoms with van der Waals surface area (Å²) in [6.07, 6.45) is 1.15. The molecule has 0 radical (unpaired) electrons. The highest BCUT2D eigenvalue weighted by Gasteiger charge is 2.57. The van der Waals surface area contributed by atoms with Crippen molar-refractivity contribution < 1.29 is 14.7 Å². The molecule has 1 aliphatic carbocycles. The van der Waals surface area contributed by atoms with E-state index in [9.17, 15) is 14.7 Å². The fourth-order valence-corrected chi connectivity index (χ4v) is 5.12. The first kappa shape index (κ1) is 19.4. The van der Waals surface area contributed by atoms with Gasteiger partial charge >= 0.3 is 0 Å². The van der Waals surface area contributed by atoms with Gasteiger partial charge in [0.1, 0.15) is 0 Å². The van der Waals surface area contributed by atoms with Gasteiger partial charge in [0, 0.05) is 37.3 Å². The van der Waals surface area contributed by atoms with Gasteiger partial charge in [0.2, 0.25) is 0 Å². The molecule has 1 N–H and O–H groups in total. The van der Waals surface area contributed by atoms with E-state index in [1.807, 2.05) is 36.4 Å². The number of ketones is 1. The molecule has 2 aromatic rings. The number of hydrogen-bond donors (Lipinski definition) is 1. The average Bonchev–Trinajstić information content (AvgIpc) is 2.98. The van der Waals surface area contributed by atoms with Crippen molar-refractivity contribution in [3.05, 3.63) is 65.2 Å². The van der Waals surface area contributed by atoms with Crippen molar-refractivity contribution in [2.24, 2.45) is 5.92 Å². The molecule has 2 aliphatic heterocycles. The van der Waals surface area contributed by atoms with Gasteiger partial charge in [-0.25, -0.2) is 0 Å². The van der Waals surface area contributed by atoms with Crippen LogP contribution in [0.1, 0.15) is 27.9 Å². The molecule has 6 heteroatoms. The van der Waals surface area contributed by atoms with Gasteiger partial charge in [-0.2, -0.15) is 0 Å². The fourth-order valence-electron chi connectivity index (χ4n) is 5.12. The maximum absolute atomic E-state index is 13.7. The molecule has 1 amide bonds. The summed E-state index contributed by atoms with van der Waals surface area (Å²) in [5.74, 6) is -1.28. The number of para-hydroxylation sites is 1. The highest BCUT2D eigenvalue weighted by molar-refractivity contribution is 6.12. The van der Waals surface area contributed by atoms with Crippen molar-refractivity contribution >= 4 is 17.4 Å². The summed E-state index contributed by atoms with van der Waals surface area (Å²) in [4.78, 5) is 33.2. The number of carbonyl (C=O) groups is 2. The first-order chi connectivity index (χ1) is 14.5. The maximum atomic E-state index is 13.7. The molecule has 5 rings (SSSR count). The second-order valence-corrected chi connectivity index (χ2v) is 8.69. The Bertz CT molecular complexity index is 999. The number of anilines is 1. The molecule has 0 bridgehead atoms. The number of hydrogen-bond acceptors (Lipinski definition) is 5. The topological polar surface area (TPSA) is 64.1 Å². The Morgan fingerprint density at radius 2 is 1.70 bits per heavy atom. The number of aryl methyl sites for hydroxylation is 1. The van der Waals surface area contributed by atoms with E-state index >= 15 is 0 Å². The fraction of sp³-hybridized carbons (Fsp3) is 0.417. The van der Waals surface area contributed by atoms with E-state index in [4.69, 9.17) is 0 Å². The van der Waals surface area contributed by atoms with Crippen LogP contribution in [0.15, 0.2) is 48.5 Å². The number of piperazine rings is 1. The van der Waals surface area contributed by atoms with Gasteiger partial charge in [-0.1, -0.05) is 42.5 Å².